The molecule has 39 heavy (non-hydrogen) atoms. The van der Waals surface area contributed by atoms with E-state index in [-0.39, 0.29) is 16.7 Å². The van der Waals surface area contributed by atoms with Gasteiger partial charge >= 0.3 is 0 Å². The largest absolute Gasteiger partial charge is 0.388 e. The lowest BCUT2D eigenvalue weighted by Gasteiger charge is -2.22. The summed E-state index contributed by atoms with van der Waals surface area (Å²) in [7, 11) is 1.95. The van der Waals surface area contributed by atoms with Gasteiger partial charge in [-0.25, -0.2) is 18.5 Å². The van der Waals surface area contributed by atoms with Crippen molar-refractivity contribution in [3.63, 3.8) is 0 Å². The zero-order valence-corrected chi connectivity index (χ0v) is 23.6. The Morgan fingerprint density at radius 1 is 1.15 bits per heavy atom. The predicted octanol–water partition coefficient (Wildman–Crippen LogP) is 7.74. The summed E-state index contributed by atoms with van der Waals surface area (Å²) in [5, 5.41) is 11.4. The maximum absolute atomic E-state index is 12.0. The molecule has 0 amide bonds. The molecule has 1 heterocycles. The normalized spacial score (nSPS) is 11.8. The number of carbonyl (C=O) groups is 1. The topological polar surface area (TPSA) is 71.3 Å². The van der Waals surface area contributed by atoms with Gasteiger partial charge in [-0.05, 0) is 82.9 Å². The van der Waals surface area contributed by atoms with Crippen LogP contribution in [0.3, 0.4) is 0 Å². The lowest BCUT2D eigenvalue weighted by Crippen LogP contribution is -2.26. The molecule has 8 heteroatoms. The van der Waals surface area contributed by atoms with Crippen molar-refractivity contribution in [1.82, 2.24) is 9.78 Å². The van der Waals surface area contributed by atoms with Crippen LogP contribution in [0.1, 0.15) is 66.9 Å². The summed E-state index contributed by atoms with van der Waals surface area (Å²) in [4.78, 5) is 14.5. The first-order chi connectivity index (χ1) is 18.5. The highest BCUT2D eigenvalue weighted by Gasteiger charge is 2.20. The number of benzene rings is 2. The molecule has 6 nitrogen and oxygen atoms in total. The minimum Gasteiger partial charge on any atom is -0.388 e. The molecule has 1 aromatic heterocycles. The van der Waals surface area contributed by atoms with E-state index in [2.05, 4.69) is 74.2 Å². The number of halogens is 2. The van der Waals surface area contributed by atoms with Crippen molar-refractivity contribution in [3.8, 4) is 0 Å². The van der Waals surface area contributed by atoms with Gasteiger partial charge in [0.15, 0.2) is 0 Å². The van der Waals surface area contributed by atoms with Gasteiger partial charge in [-0.15, -0.1) is 0 Å². The number of anilines is 2. The molecule has 2 N–H and O–H groups in total. The van der Waals surface area contributed by atoms with E-state index >= 15 is 0 Å². The standard InChI is InChI=1S/C23H33N5.C8H6F2O/c1-8-14-25-21(9-2)26-22-16-20(27-28(22)23(4,5)6)13-11-18-15-19(24-7)12-10-17(18)3;9-8(10)7-3-1-2-6(4-7)5-11/h8-10,12,14-16,24H,2,11,13H2,1,3-7H3,(H,25,26);1-5,8H/b14-8-;. The van der Waals surface area contributed by atoms with Crippen LogP contribution in [0.2, 0.25) is 0 Å². The van der Waals surface area contributed by atoms with E-state index in [1.807, 2.05) is 24.7 Å². The van der Waals surface area contributed by atoms with Gasteiger partial charge in [-0.3, -0.25) is 4.79 Å². The molecule has 0 spiro atoms. The number of aliphatic imine (C=N–C) groups is 1. The van der Waals surface area contributed by atoms with E-state index in [0.29, 0.717) is 12.1 Å². The first kappa shape index (κ1) is 31.1. The number of nitrogens with one attached hydrogen (secondary N) is 2. The summed E-state index contributed by atoms with van der Waals surface area (Å²) in [6, 6.07) is 14.0. The summed E-state index contributed by atoms with van der Waals surface area (Å²) in [6.45, 7) is 14.4. The fourth-order valence-corrected chi connectivity index (χ4v) is 3.70. The van der Waals surface area contributed by atoms with Crippen LogP contribution in [-0.4, -0.2) is 28.9 Å². The molecule has 3 aromatic rings. The molecule has 0 aliphatic carbocycles. The van der Waals surface area contributed by atoms with Gasteiger partial charge in [0.05, 0.1) is 11.2 Å². The lowest BCUT2D eigenvalue weighted by atomic mass is 10.0. The van der Waals surface area contributed by atoms with Crippen LogP contribution in [0, 0.1) is 6.92 Å². The minimum atomic E-state index is -2.50. The SMILES string of the molecule is C=CC(=N/C=C\C)Nc1cc(CCc2cc(NC)ccc2C)nn1C(C)(C)C.O=Cc1cccc(C(F)F)c1. The quantitative estimate of drug-likeness (QED) is 0.167. The molecule has 2 aromatic carbocycles. The Morgan fingerprint density at radius 2 is 1.90 bits per heavy atom. The van der Waals surface area contributed by atoms with Crippen molar-refractivity contribution < 1.29 is 13.6 Å². The number of amidine groups is 1. The third kappa shape index (κ3) is 9.63. The van der Waals surface area contributed by atoms with Crippen LogP contribution in [0.15, 0.2) is 78.5 Å². The smallest absolute Gasteiger partial charge is 0.263 e. The molecule has 0 fully saturated rings. The summed E-state index contributed by atoms with van der Waals surface area (Å²) >= 11 is 0. The van der Waals surface area contributed by atoms with Crippen molar-refractivity contribution in [1.29, 1.82) is 0 Å². The number of nitrogens with zero attached hydrogens (tertiary/aromatic N) is 3. The molecule has 0 aliphatic heterocycles. The van der Waals surface area contributed by atoms with E-state index in [1.165, 1.54) is 35.4 Å². The molecule has 3 rings (SSSR count). The van der Waals surface area contributed by atoms with Crippen molar-refractivity contribution in [2.45, 2.75) is 59.4 Å². The number of rotatable bonds is 9. The van der Waals surface area contributed by atoms with Gasteiger partial charge in [0.25, 0.3) is 6.43 Å². The molecule has 0 saturated heterocycles. The zero-order valence-electron chi connectivity index (χ0n) is 23.6. The van der Waals surface area contributed by atoms with Crippen LogP contribution in [-0.2, 0) is 18.4 Å². The average molecular weight is 536 g/mol. The molecule has 0 bridgehead atoms. The highest BCUT2D eigenvalue weighted by Crippen LogP contribution is 2.24. The zero-order chi connectivity index (χ0) is 29.0. The number of hydrogen-bond donors (Lipinski definition) is 2. The Hall–Kier alpha value is -4.07. The average Bonchev–Trinajstić information content (AvgIpc) is 3.34. The number of aryl methyl sites for hydroxylation is 3. The Kier molecular flexibility index (Phi) is 11.8. The van der Waals surface area contributed by atoms with Gasteiger partial charge in [0, 0.05) is 36.1 Å². The second-order valence-corrected chi connectivity index (χ2v) is 9.91. The number of aromatic nitrogens is 2. The van der Waals surface area contributed by atoms with Crippen molar-refractivity contribution in [2.24, 2.45) is 4.99 Å². The number of hydrogen-bond acceptors (Lipinski definition) is 4. The Labute approximate surface area is 230 Å². The van der Waals surface area contributed by atoms with E-state index in [0.717, 1.165) is 30.0 Å². The molecule has 0 saturated carbocycles. The van der Waals surface area contributed by atoms with E-state index in [4.69, 9.17) is 5.10 Å². The van der Waals surface area contributed by atoms with Gasteiger partial charge in [0.1, 0.15) is 17.9 Å². The lowest BCUT2D eigenvalue weighted by molar-refractivity contribution is 0.112. The number of allylic oxidation sites excluding steroid dienone is 1. The molecule has 0 radical (unpaired) electrons. The monoisotopic (exact) mass is 535 g/mol. The van der Waals surface area contributed by atoms with Crippen molar-refractivity contribution >= 4 is 23.6 Å². The highest BCUT2D eigenvalue weighted by atomic mass is 19.3. The Morgan fingerprint density at radius 3 is 2.49 bits per heavy atom. The van der Waals surface area contributed by atoms with Crippen molar-refractivity contribution in [3.05, 3.63) is 101 Å². The van der Waals surface area contributed by atoms with Gasteiger partial charge in [-0.1, -0.05) is 36.9 Å². The fraction of sp³-hybridized carbons (Fsp3) is 0.323. The second-order valence-electron chi connectivity index (χ2n) is 9.91. The number of carbonyl (C=O) groups excluding carboxylic acids is 1. The number of alkyl halides is 2. The van der Waals surface area contributed by atoms with Crippen molar-refractivity contribution in [2.75, 3.05) is 17.7 Å². The van der Waals surface area contributed by atoms with E-state index < -0.39 is 6.43 Å². The third-order valence-corrected chi connectivity index (χ3v) is 5.79. The summed E-state index contributed by atoms with van der Waals surface area (Å²) in [6.07, 6.45) is 5.22. The molecule has 0 atom stereocenters. The van der Waals surface area contributed by atoms with Gasteiger partial charge in [-0.2, -0.15) is 5.10 Å². The predicted molar refractivity (Wildman–Crippen MR) is 158 cm³/mol. The Balaban J connectivity index is 0.000000404. The van der Waals surface area contributed by atoms with Crippen LogP contribution in [0.5, 0.6) is 0 Å². The Bertz CT molecular complexity index is 1300. The van der Waals surface area contributed by atoms with E-state index in [1.54, 1.807) is 12.3 Å². The molecular formula is C31H39F2N5O. The summed E-state index contributed by atoms with van der Waals surface area (Å²) in [5.41, 5.74) is 4.86. The van der Waals surface area contributed by atoms with E-state index in [9.17, 15) is 13.6 Å². The van der Waals surface area contributed by atoms with Crippen LogP contribution in [0.25, 0.3) is 0 Å². The summed E-state index contributed by atoms with van der Waals surface area (Å²) < 4.78 is 26.0. The fourth-order valence-electron chi connectivity index (χ4n) is 3.70. The van der Waals surface area contributed by atoms with Gasteiger partial charge < -0.3 is 10.6 Å². The highest BCUT2D eigenvalue weighted by molar-refractivity contribution is 6.03. The third-order valence-electron chi connectivity index (χ3n) is 5.79. The van der Waals surface area contributed by atoms with Crippen LogP contribution in [0.4, 0.5) is 20.3 Å². The molecule has 0 unspecified atom stereocenters. The maximum atomic E-state index is 12.0. The molecule has 0 aliphatic rings. The number of aldehydes is 1. The second kappa shape index (κ2) is 14.8. The maximum Gasteiger partial charge on any atom is 0.263 e. The van der Waals surface area contributed by atoms with Crippen LogP contribution >= 0.6 is 0 Å². The molecular weight excluding hydrogens is 496 g/mol. The summed E-state index contributed by atoms with van der Waals surface area (Å²) in [5.74, 6) is 1.62. The van der Waals surface area contributed by atoms with Gasteiger partial charge in [0.2, 0.25) is 0 Å². The first-order valence-corrected chi connectivity index (χ1v) is 12.8. The molecule has 208 valence electrons. The minimum absolute atomic E-state index is 0.116. The van der Waals surface area contributed by atoms with Crippen LogP contribution < -0.4 is 10.6 Å². The first-order valence-electron chi connectivity index (χ1n) is 12.8.